The summed E-state index contributed by atoms with van der Waals surface area (Å²) in [4.78, 5) is 25.8. The molecule has 336 valence electrons. The van der Waals surface area contributed by atoms with E-state index in [1.165, 1.54) is 16.7 Å². The van der Waals surface area contributed by atoms with Gasteiger partial charge in [-0.2, -0.15) is 0 Å². The maximum Gasteiger partial charge on any atom is 0.297 e. The number of non-ortho nitro benzene ring substituents is 1. The molecule has 0 aliphatic carbocycles. The fraction of sp³-hybridized carbons (Fsp3) is 0.365. The van der Waals surface area contributed by atoms with Crippen LogP contribution in [-0.2, 0) is 57.2 Å². The minimum Gasteiger partial charge on any atom is -0.485 e. The molecule has 1 aliphatic heterocycles. The molecule has 64 heavy (non-hydrogen) atoms. The summed E-state index contributed by atoms with van der Waals surface area (Å²) in [6, 6.07) is 43.7. The summed E-state index contributed by atoms with van der Waals surface area (Å²) in [6.45, 7) is 3.50. The number of nitrogens with zero attached hydrogens (tertiary/aromatic N) is 2. The van der Waals surface area contributed by atoms with E-state index in [1.807, 2.05) is 121 Å². The normalized spacial score (nSPS) is 18.5. The maximum atomic E-state index is 14.3. The number of hydrogen-bond acceptors (Lipinski definition) is 10. The highest BCUT2D eigenvalue weighted by atomic mass is 16.7. The highest BCUT2D eigenvalue weighted by Crippen LogP contribution is 2.39. The lowest BCUT2D eigenvalue weighted by Crippen LogP contribution is -2.62. The number of ether oxygens (including phenoxy) is 7. The van der Waals surface area contributed by atoms with Crippen LogP contribution in [0.15, 0.2) is 144 Å². The number of unbranched alkanes of at least 4 members (excludes halogenated alkanes) is 5. The van der Waals surface area contributed by atoms with Crippen LogP contribution in [0.25, 0.3) is 10.9 Å². The van der Waals surface area contributed by atoms with Crippen LogP contribution in [0.5, 0.6) is 11.5 Å². The molecule has 0 unspecified atom stereocenters. The molecule has 1 aliphatic rings. The van der Waals surface area contributed by atoms with Gasteiger partial charge in [0.05, 0.1) is 50.1 Å². The Morgan fingerprint density at radius 1 is 0.625 bits per heavy atom. The quantitative estimate of drug-likeness (QED) is 0.0329. The van der Waals surface area contributed by atoms with Crippen molar-refractivity contribution in [2.75, 3.05) is 13.2 Å². The van der Waals surface area contributed by atoms with E-state index in [0.29, 0.717) is 17.5 Å². The largest absolute Gasteiger partial charge is 0.485 e. The summed E-state index contributed by atoms with van der Waals surface area (Å²) in [5, 5.41) is 12.4. The molecule has 1 saturated heterocycles. The molecule has 5 aromatic carbocycles. The van der Waals surface area contributed by atoms with E-state index in [4.69, 9.17) is 33.2 Å². The van der Waals surface area contributed by atoms with Gasteiger partial charge in [0.15, 0.2) is 5.75 Å². The van der Waals surface area contributed by atoms with Crippen LogP contribution in [0, 0.1) is 10.1 Å². The number of aromatic nitrogens is 1. The van der Waals surface area contributed by atoms with Gasteiger partial charge in [-0.05, 0) is 34.7 Å². The van der Waals surface area contributed by atoms with Crippen LogP contribution in [0.2, 0.25) is 0 Å². The topological polar surface area (TPSA) is 130 Å². The van der Waals surface area contributed by atoms with Crippen molar-refractivity contribution in [3.05, 3.63) is 182 Å². The summed E-state index contributed by atoms with van der Waals surface area (Å²) in [5.74, 6) is 0.0654. The molecule has 0 amide bonds. The molecule has 0 bridgehead atoms. The van der Waals surface area contributed by atoms with Crippen molar-refractivity contribution in [2.24, 2.45) is 7.05 Å². The van der Waals surface area contributed by atoms with Crippen molar-refractivity contribution in [3.8, 4) is 11.5 Å². The summed E-state index contributed by atoms with van der Waals surface area (Å²) < 4.78 is 48.7. The highest BCUT2D eigenvalue weighted by Gasteiger charge is 2.50. The number of nitro groups is 1. The monoisotopic (exact) mass is 870 g/mol. The lowest BCUT2D eigenvalue weighted by molar-refractivity contribution is -0.384. The first-order valence-electron chi connectivity index (χ1n) is 22.2. The van der Waals surface area contributed by atoms with Gasteiger partial charge in [-0.1, -0.05) is 160 Å². The highest BCUT2D eigenvalue weighted by molar-refractivity contribution is 5.89. The standard InChI is InChI=1S/C52H58N2O10/c1-3-4-5-6-7-20-31-59-49-46(43-30-29-42(54(56)57)32-44(43)53(2)51(49)55)64-52-50(62-36-41-27-18-11-19-28-41)48(61-35-40-25-16-10-17-26-40)47(60-34-39-23-14-9-15-24-39)45(63-52)37-58-33-38-21-12-8-13-22-38/h8-19,21-30,32,45,47-48,50,52H,3-7,20,31,33-37H2,1-2H3/t45-,47-,48+,50+,52-/m1/s1. The number of hydrogen-bond donors (Lipinski definition) is 0. The Hall–Kier alpha value is -5.89. The lowest BCUT2D eigenvalue weighted by Gasteiger charge is -2.45. The van der Waals surface area contributed by atoms with Crippen LogP contribution in [0.4, 0.5) is 5.69 Å². The summed E-state index contributed by atoms with van der Waals surface area (Å²) >= 11 is 0. The second-order valence-electron chi connectivity index (χ2n) is 16.0. The molecular weight excluding hydrogens is 813 g/mol. The van der Waals surface area contributed by atoms with Gasteiger partial charge in [-0.25, -0.2) is 0 Å². The van der Waals surface area contributed by atoms with Gasteiger partial charge in [-0.15, -0.1) is 0 Å². The molecule has 0 saturated carbocycles. The van der Waals surface area contributed by atoms with Crippen LogP contribution in [-0.4, -0.2) is 53.4 Å². The van der Waals surface area contributed by atoms with Gasteiger partial charge in [0.1, 0.15) is 24.4 Å². The van der Waals surface area contributed by atoms with Crippen molar-refractivity contribution < 1.29 is 38.1 Å². The van der Waals surface area contributed by atoms with Crippen LogP contribution < -0.4 is 15.0 Å². The van der Waals surface area contributed by atoms with Gasteiger partial charge < -0.3 is 37.7 Å². The molecule has 1 fully saturated rings. The predicted octanol–water partition coefficient (Wildman–Crippen LogP) is 10.3. The molecule has 6 aromatic rings. The van der Waals surface area contributed by atoms with Gasteiger partial charge in [-0.3, -0.25) is 14.9 Å². The lowest BCUT2D eigenvalue weighted by atomic mass is 9.97. The first-order chi connectivity index (χ1) is 31.4. The van der Waals surface area contributed by atoms with Crippen molar-refractivity contribution in [2.45, 2.75) is 103 Å². The maximum absolute atomic E-state index is 14.3. The van der Waals surface area contributed by atoms with Crippen molar-refractivity contribution >= 4 is 16.6 Å². The van der Waals surface area contributed by atoms with Crippen LogP contribution in [0.3, 0.4) is 0 Å². The molecule has 5 atom stereocenters. The van der Waals surface area contributed by atoms with E-state index in [0.717, 1.165) is 60.8 Å². The molecule has 0 N–H and O–H groups in total. The van der Waals surface area contributed by atoms with Crippen molar-refractivity contribution in [1.82, 2.24) is 4.57 Å². The molecule has 12 heteroatoms. The number of rotatable bonds is 24. The molecule has 0 radical (unpaired) electrons. The second kappa shape index (κ2) is 23.7. The Kier molecular flexibility index (Phi) is 17.1. The minimum atomic E-state index is -1.21. The zero-order valence-corrected chi connectivity index (χ0v) is 36.6. The molecule has 1 aromatic heterocycles. The van der Waals surface area contributed by atoms with E-state index >= 15 is 0 Å². The van der Waals surface area contributed by atoms with E-state index < -0.39 is 41.2 Å². The average molecular weight is 871 g/mol. The Bertz CT molecular complexity index is 2400. The predicted molar refractivity (Wildman–Crippen MR) is 245 cm³/mol. The minimum absolute atomic E-state index is 0.0242. The summed E-state index contributed by atoms with van der Waals surface area (Å²) in [7, 11) is 1.57. The van der Waals surface area contributed by atoms with E-state index in [9.17, 15) is 14.9 Å². The number of aryl methyl sites for hydroxylation is 1. The molecule has 7 rings (SSSR count). The Labute approximate surface area is 374 Å². The van der Waals surface area contributed by atoms with Crippen LogP contribution >= 0.6 is 0 Å². The molecule has 0 spiro atoms. The SMILES string of the molecule is CCCCCCCCOc1c(O[C@H]2O[C@H](COCc3ccccc3)[C@@H](OCc3ccccc3)[C@H](OCc3ccccc3)[C@@H]2OCc2ccccc2)c2ccc([N+](=O)[O-])cc2n(C)c1=O. The first-order valence-corrected chi connectivity index (χ1v) is 22.2. The Morgan fingerprint density at radius 3 is 1.70 bits per heavy atom. The third-order valence-electron chi connectivity index (χ3n) is 11.3. The van der Waals surface area contributed by atoms with Gasteiger partial charge in [0, 0.05) is 24.6 Å². The number of nitro benzene ring substituents is 1. The number of benzene rings is 5. The molecule has 2 heterocycles. The average Bonchev–Trinajstić information content (AvgIpc) is 3.33. The van der Waals surface area contributed by atoms with Gasteiger partial charge in [0.25, 0.3) is 11.2 Å². The smallest absolute Gasteiger partial charge is 0.297 e. The van der Waals surface area contributed by atoms with Gasteiger partial charge >= 0.3 is 0 Å². The Balaban J connectivity index is 1.30. The third kappa shape index (κ3) is 12.4. The Morgan fingerprint density at radius 2 is 1.14 bits per heavy atom. The zero-order chi connectivity index (χ0) is 44.5. The fourth-order valence-corrected chi connectivity index (χ4v) is 7.84. The van der Waals surface area contributed by atoms with E-state index in [1.54, 1.807) is 13.1 Å². The molecular formula is C52H58N2O10. The zero-order valence-electron chi connectivity index (χ0n) is 36.6. The van der Waals surface area contributed by atoms with Gasteiger partial charge in [0.2, 0.25) is 12.0 Å². The van der Waals surface area contributed by atoms with Crippen molar-refractivity contribution in [3.63, 3.8) is 0 Å². The second-order valence-corrected chi connectivity index (χ2v) is 16.0. The fourth-order valence-electron chi connectivity index (χ4n) is 7.84. The molecule has 12 nitrogen and oxygen atoms in total. The van der Waals surface area contributed by atoms with E-state index in [-0.39, 0.29) is 50.2 Å². The summed E-state index contributed by atoms with van der Waals surface area (Å²) in [5.41, 5.74) is 3.42. The van der Waals surface area contributed by atoms with Crippen molar-refractivity contribution in [1.29, 1.82) is 0 Å². The van der Waals surface area contributed by atoms with Crippen LogP contribution in [0.1, 0.15) is 67.7 Å². The van der Waals surface area contributed by atoms with E-state index in [2.05, 4.69) is 6.92 Å². The summed E-state index contributed by atoms with van der Waals surface area (Å²) in [6.07, 6.45) is 1.70. The first kappa shape index (κ1) is 46.1. The third-order valence-corrected chi connectivity index (χ3v) is 11.3. The number of pyridine rings is 1. The number of fused-ring (bicyclic) bond motifs is 1.